The van der Waals surface area contributed by atoms with E-state index in [4.69, 9.17) is 6.42 Å². The van der Waals surface area contributed by atoms with Crippen LogP contribution in [0.15, 0.2) is 30.9 Å². The highest BCUT2D eigenvalue weighted by atomic mass is 14.1. The van der Waals surface area contributed by atoms with E-state index in [1.165, 1.54) is 5.56 Å². The Morgan fingerprint density at radius 1 is 1.54 bits per heavy atom. The average Bonchev–Trinajstić information content (AvgIpc) is 2.16. The van der Waals surface area contributed by atoms with Crippen molar-refractivity contribution in [2.75, 3.05) is 0 Å². The number of benzene rings is 1. The van der Waals surface area contributed by atoms with Gasteiger partial charge in [-0.15, -0.1) is 13.0 Å². The molecule has 0 aliphatic heterocycles. The van der Waals surface area contributed by atoms with Crippen LogP contribution in [0.2, 0.25) is 0 Å². The number of terminal acetylenes is 1. The van der Waals surface area contributed by atoms with Crippen LogP contribution in [0.4, 0.5) is 0 Å². The Morgan fingerprint density at radius 2 is 2.23 bits per heavy atom. The van der Waals surface area contributed by atoms with Crippen molar-refractivity contribution < 1.29 is 0 Å². The minimum atomic E-state index is 0.325. The zero-order valence-electron chi connectivity index (χ0n) is 8.17. The standard InChI is InChI=1S/C13H14/c1-5-10(3)13-9-7-8-11(4)12(13)6-2/h2,5,7-10H,1H2,3-4H3. The second-order valence-corrected chi connectivity index (χ2v) is 3.21. The number of allylic oxidation sites excluding steroid dienone is 1. The SMILES string of the molecule is C#Cc1c(C)cccc1C(C)C=C. The summed E-state index contributed by atoms with van der Waals surface area (Å²) in [6, 6.07) is 6.13. The van der Waals surface area contributed by atoms with Gasteiger partial charge in [-0.05, 0) is 24.0 Å². The molecule has 0 aliphatic rings. The summed E-state index contributed by atoms with van der Waals surface area (Å²) in [6.07, 6.45) is 7.37. The van der Waals surface area contributed by atoms with Gasteiger partial charge in [-0.2, -0.15) is 0 Å². The van der Waals surface area contributed by atoms with Crippen molar-refractivity contribution in [2.24, 2.45) is 0 Å². The fourth-order valence-electron chi connectivity index (χ4n) is 1.39. The van der Waals surface area contributed by atoms with Gasteiger partial charge in [0.05, 0.1) is 0 Å². The first kappa shape index (κ1) is 9.61. The van der Waals surface area contributed by atoms with Crippen LogP contribution in [0.1, 0.15) is 29.5 Å². The summed E-state index contributed by atoms with van der Waals surface area (Å²) in [5.74, 6) is 3.06. The van der Waals surface area contributed by atoms with E-state index >= 15 is 0 Å². The summed E-state index contributed by atoms with van der Waals surface area (Å²) in [6.45, 7) is 7.91. The Morgan fingerprint density at radius 3 is 2.77 bits per heavy atom. The number of hydrogen-bond donors (Lipinski definition) is 0. The predicted octanol–water partition coefficient (Wildman–Crippen LogP) is 3.27. The zero-order valence-corrected chi connectivity index (χ0v) is 8.17. The van der Waals surface area contributed by atoms with Crippen molar-refractivity contribution in [1.29, 1.82) is 0 Å². The lowest BCUT2D eigenvalue weighted by atomic mass is 9.93. The van der Waals surface area contributed by atoms with Gasteiger partial charge in [-0.1, -0.05) is 37.1 Å². The third-order valence-corrected chi connectivity index (χ3v) is 2.29. The molecule has 1 atom stereocenters. The molecule has 0 amide bonds. The van der Waals surface area contributed by atoms with Gasteiger partial charge >= 0.3 is 0 Å². The molecule has 0 saturated heterocycles. The minimum absolute atomic E-state index is 0.325. The van der Waals surface area contributed by atoms with Crippen LogP contribution in [-0.2, 0) is 0 Å². The molecule has 0 nitrogen and oxygen atoms in total. The van der Waals surface area contributed by atoms with E-state index in [0.717, 1.165) is 11.1 Å². The van der Waals surface area contributed by atoms with Gasteiger partial charge in [0.1, 0.15) is 0 Å². The van der Waals surface area contributed by atoms with Crippen LogP contribution in [-0.4, -0.2) is 0 Å². The Hall–Kier alpha value is -1.48. The third-order valence-electron chi connectivity index (χ3n) is 2.29. The van der Waals surface area contributed by atoms with Crippen LogP contribution in [0.3, 0.4) is 0 Å². The van der Waals surface area contributed by atoms with E-state index in [1.54, 1.807) is 0 Å². The molecule has 1 rings (SSSR count). The predicted molar refractivity (Wildman–Crippen MR) is 57.7 cm³/mol. The molecule has 66 valence electrons. The van der Waals surface area contributed by atoms with Crippen molar-refractivity contribution in [3.05, 3.63) is 47.5 Å². The van der Waals surface area contributed by atoms with Crippen LogP contribution in [0, 0.1) is 19.3 Å². The molecule has 0 radical (unpaired) electrons. The second kappa shape index (κ2) is 3.96. The molecule has 0 heterocycles. The van der Waals surface area contributed by atoms with E-state index in [1.807, 2.05) is 25.1 Å². The van der Waals surface area contributed by atoms with Crippen molar-refractivity contribution in [1.82, 2.24) is 0 Å². The van der Waals surface area contributed by atoms with Crippen molar-refractivity contribution in [2.45, 2.75) is 19.8 Å². The fraction of sp³-hybridized carbons (Fsp3) is 0.231. The lowest BCUT2D eigenvalue weighted by Crippen LogP contribution is -1.95. The molecule has 0 spiro atoms. The van der Waals surface area contributed by atoms with E-state index in [-0.39, 0.29) is 0 Å². The van der Waals surface area contributed by atoms with Gasteiger partial charge in [0.25, 0.3) is 0 Å². The van der Waals surface area contributed by atoms with Crippen LogP contribution >= 0.6 is 0 Å². The molecule has 0 N–H and O–H groups in total. The lowest BCUT2D eigenvalue weighted by molar-refractivity contribution is 0.962. The largest absolute Gasteiger partial charge is 0.115 e. The maximum Gasteiger partial charge on any atom is 0.0309 e. The summed E-state index contributed by atoms with van der Waals surface area (Å²) in [5.41, 5.74) is 3.36. The molecular formula is C13H14. The highest BCUT2D eigenvalue weighted by Gasteiger charge is 2.06. The van der Waals surface area contributed by atoms with E-state index in [0.29, 0.717) is 5.92 Å². The minimum Gasteiger partial charge on any atom is -0.115 e. The number of aryl methyl sites for hydroxylation is 1. The molecule has 1 aromatic carbocycles. The topological polar surface area (TPSA) is 0 Å². The summed E-state index contributed by atoms with van der Waals surface area (Å²) >= 11 is 0. The highest BCUT2D eigenvalue weighted by Crippen LogP contribution is 2.22. The van der Waals surface area contributed by atoms with Crippen LogP contribution in [0.25, 0.3) is 0 Å². The van der Waals surface area contributed by atoms with Crippen molar-refractivity contribution >= 4 is 0 Å². The van der Waals surface area contributed by atoms with E-state index in [9.17, 15) is 0 Å². The Bertz CT molecular complexity index is 353. The van der Waals surface area contributed by atoms with E-state index in [2.05, 4.69) is 25.5 Å². The molecule has 1 aromatic rings. The van der Waals surface area contributed by atoms with Gasteiger partial charge < -0.3 is 0 Å². The molecule has 1 unspecified atom stereocenters. The first-order chi connectivity index (χ1) is 6.20. The lowest BCUT2D eigenvalue weighted by Gasteiger charge is -2.10. The Balaban J connectivity index is 3.29. The first-order valence-corrected chi connectivity index (χ1v) is 4.39. The monoisotopic (exact) mass is 170 g/mol. The third kappa shape index (κ3) is 1.81. The fourth-order valence-corrected chi connectivity index (χ4v) is 1.39. The van der Waals surface area contributed by atoms with Crippen molar-refractivity contribution in [3.8, 4) is 12.3 Å². The second-order valence-electron chi connectivity index (χ2n) is 3.21. The van der Waals surface area contributed by atoms with E-state index < -0.39 is 0 Å². The van der Waals surface area contributed by atoms with Gasteiger partial charge in [-0.3, -0.25) is 0 Å². The molecule has 0 aliphatic carbocycles. The molecule has 0 saturated carbocycles. The molecule has 13 heavy (non-hydrogen) atoms. The van der Waals surface area contributed by atoms with Gasteiger partial charge in [-0.25, -0.2) is 0 Å². The molecule has 0 heteroatoms. The number of hydrogen-bond acceptors (Lipinski definition) is 0. The summed E-state index contributed by atoms with van der Waals surface area (Å²) < 4.78 is 0. The molecular weight excluding hydrogens is 156 g/mol. The quantitative estimate of drug-likeness (QED) is 0.472. The maximum atomic E-state index is 5.46. The van der Waals surface area contributed by atoms with Crippen LogP contribution in [0.5, 0.6) is 0 Å². The number of rotatable bonds is 2. The van der Waals surface area contributed by atoms with Gasteiger partial charge in [0, 0.05) is 5.56 Å². The summed E-state index contributed by atoms with van der Waals surface area (Å²) in [4.78, 5) is 0. The smallest absolute Gasteiger partial charge is 0.0309 e. The van der Waals surface area contributed by atoms with Crippen molar-refractivity contribution in [3.63, 3.8) is 0 Å². The average molecular weight is 170 g/mol. The first-order valence-electron chi connectivity index (χ1n) is 4.39. The zero-order chi connectivity index (χ0) is 9.84. The Labute approximate surface area is 80.3 Å². The maximum absolute atomic E-state index is 5.46. The molecule has 0 bridgehead atoms. The Kier molecular flexibility index (Phi) is 2.93. The molecule has 0 aromatic heterocycles. The van der Waals surface area contributed by atoms with Crippen LogP contribution < -0.4 is 0 Å². The highest BCUT2D eigenvalue weighted by molar-refractivity contribution is 5.47. The molecule has 0 fully saturated rings. The summed E-state index contributed by atoms with van der Waals surface area (Å²) in [5, 5.41) is 0. The van der Waals surface area contributed by atoms with Gasteiger partial charge in [0.15, 0.2) is 0 Å². The summed E-state index contributed by atoms with van der Waals surface area (Å²) in [7, 11) is 0. The van der Waals surface area contributed by atoms with Gasteiger partial charge in [0.2, 0.25) is 0 Å². The normalized spacial score (nSPS) is 11.8.